The molecule has 0 aliphatic rings. The van der Waals surface area contributed by atoms with Gasteiger partial charge in [-0.2, -0.15) is 8.42 Å². The van der Waals surface area contributed by atoms with E-state index in [4.69, 9.17) is 4.55 Å². The lowest BCUT2D eigenvalue weighted by Gasteiger charge is -2.09. The summed E-state index contributed by atoms with van der Waals surface area (Å²) in [6.07, 6.45) is 4.90. The van der Waals surface area contributed by atoms with E-state index in [2.05, 4.69) is 40.9 Å². The molecule has 1 heterocycles. The quantitative estimate of drug-likeness (QED) is 0.613. The standard InChI is InChI=1S/C9H15N2.CH4O3S/c1-4-11-7-5-9(6-8-11)10(2)3;1-5(2,3)4/h5-8H,4H2,1-3H3;1H3,(H,2,3,4)/q+1;. The molecule has 0 bridgehead atoms. The van der Waals surface area contributed by atoms with E-state index in [1.165, 1.54) is 5.69 Å². The Labute approximate surface area is 97.1 Å². The number of anilines is 1. The summed E-state index contributed by atoms with van der Waals surface area (Å²) in [6.45, 7) is 3.17. The normalized spacial score (nSPS) is 10.3. The van der Waals surface area contributed by atoms with Crippen LogP contribution in [-0.4, -0.2) is 33.3 Å². The largest absolute Gasteiger partial charge is 0.377 e. The molecule has 0 fully saturated rings. The van der Waals surface area contributed by atoms with Crippen LogP contribution in [0.15, 0.2) is 24.5 Å². The second kappa shape index (κ2) is 6.44. The molecule has 0 saturated carbocycles. The van der Waals surface area contributed by atoms with Crippen LogP contribution in [0.5, 0.6) is 0 Å². The van der Waals surface area contributed by atoms with Crippen molar-refractivity contribution in [1.29, 1.82) is 0 Å². The predicted octanol–water partition coefficient (Wildman–Crippen LogP) is 0.564. The molecule has 6 heteroatoms. The smallest absolute Gasteiger partial charge is 0.261 e. The fourth-order valence-corrected chi connectivity index (χ4v) is 0.958. The molecule has 0 saturated heterocycles. The van der Waals surface area contributed by atoms with Crippen molar-refractivity contribution in [3.05, 3.63) is 24.5 Å². The van der Waals surface area contributed by atoms with Gasteiger partial charge in [0.1, 0.15) is 6.54 Å². The van der Waals surface area contributed by atoms with Gasteiger partial charge in [0.25, 0.3) is 10.1 Å². The highest BCUT2D eigenvalue weighted by Gasteiger charge is 1.97. The van der Waals surface area contributed by atoms with Crippen molar-refractivity contribution in [1.82, 2.24) is 0 Å². The van der Waals surface area contributed by atoms with Gasteiger partial charge in [-0.15, -0.1) is 0 Å². The summed E-state index contributed by atoms with van der Waals surface area (Å²) in [6, 6.07) is 4.23. The van der Waals surface area contributed by atoms with Crippen LogP contribution in [0.1, 0.15) is 6.92 Å². The van der Waals surface area contributed by atoms with Gasteiger partial charge >= 0.3 is 0 Å². The minimum atomic E-state index is -3.67. The van der Waals surface area contributed by atoms with E-state index in [1.807, 2.05) is 14.1 Å². The number of aromatic nitrogens is 1. The Morgan fingerprint density at radius 2 is 1.69 bits per heavy atom. The molecule has 0 spiro atoms. The molecule has 1 aromatic rings. The first-order chi connectivity index (χ1) is 7.24. The maximum absolute atomic E-state index is 9.19. The fraction of sp³-hybridized carbons (Fsp3) is 0.500. The van der Waals surface area contributed by atoms with Gasteiger partial charge in [-0.25, -0.2) is 4.57 Å². The van der Waals surface area contributed by atoms with E-state index in [0.717, 1.165) is 6.54 Å². The molecule has 1 rings (SSSR count). The summed E-state index contributed by atoms with van der Waals surface area (Å²) < 4.78 is 28.0. The molecule has 0 amide bonds. The second-order valence-electron chi connectivity index (χ2n) is 3.51. The zero-order valence-electron chi connectivity index (χ0n) is 10.1. The molecule has 5 nitrogen and oxygen atoms in total. The van der Waals surface area contributed by atoms with Crippen molar-refractivity contribution >= 4 is 15.8 Å². The highest BCUT2D eigenvalue weighted by atomic mass is 32.2. The number of pyridine rings is 1. The Morgan fingerprint density at radius 3 is 1.94 bits per heavy atom. The lowest BCUT2D eigenvalue weighted by atomic mass is 10.4. The van der Waals surface area contributed by atoms with Gasteiger partial charge < -0.3 is 4.90 Å². The van der Waals surface area contributed by atoms with Crippen LogP contribution in [0, 0.1) is 0 Å². The Kier molecular flexibility index (Phi) is 5.98. The maximum Gasteiger partial charge on any atom is 0.261 e. The third-order valence-electron chi connectivity index (χ3n) is 1.76. The van der Waals surface area contributed by atoms with E-state index in [1.54, 1.807) is 0 Å². The van der Waals surface area contributed by atoms with Gasteiger partial charge in [-0.05, 0) is 6.92 Å². The molecule has 0 atom stereocenters. The highest BCUT2D eigenvalue weighted by molar-refractivity contribution is 7.85. The average molecular weight is 247 g/mol. The van der Waals surface area contributed by atoms with E-state index >= 15 is 0 Å². The SMILES string of the molecule is CC[n+]1ccc(N(C)C)cc1.CS(=O)(=O)O. The summed E-state index contributed by atoms with van der Waals surface area (Å²) in [5.74, 6) is 0. The first-order valence-corrected chi connectivity index (χ1v) is 6.67. The molecule has 1 aromatic heterocycles. The van der Waals surface area contributed by atoms with Crippen molar-refractivity contribution in [2.45, 2.75) is 13.5 Å². The summed E-state index contributed by atoms with van der Waals surface area (Å²) >= 11 is 0. The van der Waals surface area contributed by atoms with Crippen LogP contribution in [0.2, 0.25) is 0 Å². The first kappa shape index (κ1) is 14.9. The van der Waals surface area contributed by atoms with E-state index in [0.29, 0.717) is 6.26 Å². The number of nitrogens with zero attached hydrogens (tertiary/aromatic N) is 2. The van der Waals surface area contributed by atoms with Gasteiger partial charge in [0.2, 0.25) is 0 Å². The van der Waals surface area contributed by atoms with Gasteiger partial charge in [-0.1, -0.05) is 0 Å². The lowest BCUT2D eigenvalue weighted by Crippen LogP contribution is -2.31. The van der Waals surface area contributed by atoms with Crippen molar-refractivity contribution in [3.63, 3.8) is 0 Å². The Balaban J connectivity index is 0.000000385. The van der Waals surface area contributed by atoms with Gasteiger partial charge in [0.05, 0.1) is 6.26 Å². The zero-order valence-corrected chi connectivity index (χ0v) is 10.9. The molecule has 1 N–H and O–H groups in total. The number of rotatable bonds is 2. The van der Waals surface area contributed by atoms with Gasteiger partial charge in [0.15, 0.2) is 12.4 Å². The average Bonchev–Trinajstić information content (AvgIpc) is 2.15. The Bertz CT molecular complexity index is 391. The molecule has 0 aromatic carbocycles. The second-order valence-corrected chi connectivity index (χ2v) is 4.98. The zero-order chi connectivity index (χ0) is 12.8. The van der Waals surface area contributed by atoms with Crippen LogP contribution in [0.3, 0.4) is 0 Å². The van der Waals surface area contributed by atoms with Crippen LogP contribution in [0.25, 0.3) is 0 Å². The van der Waals surface area contributed by atoms with Gasteiger partial charge in [0, 0.05) is 31.9 Å². The van der Waals surface area contributed by atoms with Crippen LogP contribution in [-0.2, 0) is 16.7 Å². The molecule has 0 radical (unpaired) electrons. The van der Waals surface area contributed by atoms with Crippen molar-refractivity contribution in [3.8, 4) is 0 Å². The molecular formula is C10H19N2O3S+. The van der Waals surface area contributed by atoms with Crippen molar-refractivity contribution in [2.75, 3.05) is 25.3 Å². The minimum absolute atomic E-state index is 0.715. The number of aryl methyl sites for hydroxylation is 1. The van der Waals surface area contributed by atoms with Crippen molar-refractivity contribution < 1.29 is 17.5 Å². The van der Waals surface area contributed by atoms with E-state index < -0.39 is 10.1 Å². The highest BCUT2D eigenvalue weighted by Crippen LogP contribution is 2.05. The molecular weight excluding hydrogens is 228 g/mol. The van der Waals surface area contributed by atoms with Crippen molar-refractivity contribution in [2.24, 2.45) is 0 Å². The lowest BCUT2D eigenvalue weighted by molar-refractivity contribution is -0.693. The third kappa shape index (κ3) is 8.19. The summed E-state index contributed by atoms with van der Waals surface area (Å²) in [5.41, 5.74) is 1.25. The van der Waals surface area contributed by atoms with E-state index in [9.17, 15) is 8.42 Å². The summed E-state index contributed by atoms with van der Waals surface area (Å²) in [7, 11) is 0.428. The Morgan fingerprint density at radius 1 is 1.31 bits per heavy atom. The maximum atomic E-state index is 9.19. The Hall–Kier alpha value is -1.14. The van der Waals surface area contributed by atoms with E-state index in [-0.39, 0.29) is 0 Å². The molecule has 0 aliphatic heterocycles. The summed E-state index contributed by atoms with van der Waals surface area (Å²) in [4.78, 5) is 2.10. The van der Waals surface area contributed by atoms with Crippen LogP contribution in [0.4, 0.5) is 5.69 Å². The molecule has 92 valence electrons. The molecule has 0 unspecified atom stereocenters. The minimum Gasteiger partial charge on any atom is -0.377 e. The monoisotopic (exact) mass is 247 g/mol. The topological polar surface area (TPSA) is 61.5 Å². The summed E-state index contributed by atoms with van der Waals surface area (Å²) in [5, 5.41) is 0. The number of hydrogen-bond acceptors (Lipinski definition) is 3. The van der Waals surface area contributed by atoms with Gasteiger partial charge in [-0.3, -0.25) is 4.55 Å². The van der Waals surface area contributed by atoms with Crippen LogP contribution >= 0.6 is 0 Å². The molecule has 0 aliphatic carbocycles. The fourth-order valence-electron chi connectivity index (χ4n) is 0.958. The van der Waals surface area contributed by atoms with Crippen LogP contribution < -0.4 is 9.47 Å². The predicted molar refractivity (Wildman–Crippen MR) is 64.1 cm³/mol. The third-order valence-corrected chi connectivity index (χ3v) is 1.76. The number of hydrogen-bond donors (Lipinski definition) is 1. The first-order valence-electron chi connectivity index (χ1n) is 4.83. The molecule has 16 heavy (non-hydrogen) atoms.